The second-order valence-corrected chi connectivity index (χ2v) is 4.99. The Morgan fingerprint density at radius 3 is 2.61 bits per heavy atom. The molecule has 0 unspecified atom stereocenters. The number of nitrogens with zero attached hydrogens (tertiary/aromatic N) is 2. The highest BCUT2D eigenvalue weighted by atomic mass is 16.5. The van der Waals surface area contributed by atoms with Gasteiger partial charge < -0.3 is 9.47 Å². The predicted octanol–water partition coefficient (Wildman–Crippen LogP) is 3.29. The zero-order chi connectivity index (χ0) is 16.1. The molecule has 0 bridgehead atoms. The van der Waals surface area contributed by atoms with E-state index in [0.29, 0.717) is 30.4 Å². The van der Waals surface area contributed by atoms with Crippen LogP contribution in [0, 0.1) is 0 Å². The van der Waals surface area contributed by atoms with Crippen molar-refractivity contribution in [2.24, 2.45) is 0 Å². The summed E-state index contributed by atoms with van der Waals surface area (Å²) in [6, 6.07) is 14.9. The molecule has 116 valence electrons. The Balaban J connectivity index is 1.63. The third-order valence-corrected chi connectivity index (χ3v) is 3.38. The van der Waals surface area contributed by atoms with Crippen molar-refractivity contribution in [2.75, 3.05) is 13.2 Å². The highest BCUT2D eigenvalue weighted by Gasteiger charge is 2.08. The molecule has 5 nitrogen and oxygen atoms in total. The number of ether oxygens (including phenoxy) is 2. The van der Waals surface area contributed by atoms with Gasteiger partial charge in [-0.15, -0.1) is 5.10 Å². The maximum Gasteiger partial charge on any atom is 0.241 e. The molecule has 0 aliphatic carbocycles. The molecule has 5 heteroatoms. The van der Waals surface area contributed by atoms with E-state index in [2.05, 4.69) is 10.2 Å². The van der Waals surface area contributed by atoms with Crippen LogP contribution in [0.5, 0.6) is 11.6 Å². The van der Waals surface area contributed by atoms with Crippen LogP contribution in [-0.4, -0.2) is 29.2 Å². The summed E-state index contributed by atoms with van der Waals surface area (Å²) < 4.78 is 11.3. The van der Waals surface area contributed by atoms with Gasteiger partial charge in [-0.25, -0.2) is 0 Å². The Labute approximate surface area is 133 Å². The van der Waals surface area contributed by atoms with Gasteiger partial charge in [-0.2, -0.15) is 5.10 Å². The first-order valence-electron chi connectivity index (χ1n) is 7.31. The minimum Gasteiger partial charge on any atom is -0.489 e. The number of fused-ring (bicyclic) bond motifs is 1. The molecule has 0 aliphatic heterocycles. The van der Waals surface area contributed by atoms with Crippen molar-refractivity contribution in [3.63, 3.8) is 0 Å². The third-order valence-electron chi connectivity index (χ3n) is 3.38. The number of benzene rings is 2. The Morgan fingerprint density at radius 2 is 1.74 bits per heavy atom. The number of hydrogen-bond donors (Lipinski definition) is 0. The van der Waals surface area contributed by atoms with Crippen molar-refractivity contribution >= 4 is 16.6 Å². The van der Waals surface area contributed by atoms with Crippen molar-refractivity contribution < 1.29 is 14.3 Å². The van der Waals surface area contributed by atoms with E-state index >= 15 is 0 Å². The van der Waals surface area contributed by atoms with Gasteiger partial charge in [0.1, 0.15) is 19.0 Å². The van der Waals surface area contributed by atoms with Crippen LogP contribution in [-0.2, 0) is 0 Å². The van der Waals surface area contributed by atoms with Gasteiger partial charge in [0, 0.05) is 10.8 Å². The average Bonchev–Trinajstić information content (AvgIpc) is 2.59. The number of para-hydroxylation sites is 1. The largest absolute Gasteiger partial charge is 0.489 e. The molecular formula is C18H16N2O3. The summed E-state index contributed by atoms with van der Waals surface area (Å²) in [5.41, 5.74) is 0.567. The molecule has 1 heterocycles. The number of rotatable bonds is 6. The summed E-state index contributed by atoms with van der Waals surface area (Å²) in [4.78, 5) is 11.5. The van der Waals surface area contributed by atoms with Gasteiger partial charge in [0.25, 0.3) is 0 Å². The van der Waals surface area contributed by atoms with Gasteiger partial charge in [0.05, 0.1) is 11.8 Å². The number of hydrogen-bond acceptors (Lipinski definition) is 5. The molecule has 0 fully saturated rings. The van der Waals surface area contributed by atoms with Crippen LogP contribution in [0.1, 0.15) is 17.3 Å². The molecular weight excluding hydrogens is 292 g/mol. The lowest BCUT2D eigenvalue weighted by atomic mass is 10.1. The Bertz CT molecular complexity index is 828. The summed E-state index contributed by atoms with van der Waals surface area (Å²) in [7, 11) is 0. The number of carbonyl (C=O) groups excluding carboxylic acids is 1. The van der Waals surface area contributed by atoms with Crippen molar-refractivity contribution in [3.8, 4) is 11.6 Å². The van der Waals surface area contributed by atoms with Crippen LogP contribution in [0.2, 0.25) is 0 Å². The van der Waals surface area contributed by atoms with Crippen molar-refractivity contribution in [2.45, 2.75) is 6.92 Å². The van der Waals surface area contributed by atoms with Crippen LogP contribution in [0.4, 0.5) is 0 Å². The lowest BCUT2D eigenvalue weighted by Crippen LogP contribution is -2.11. The molecule has 1 aromatic heterocycles. The normalized spacial score (nSPS) is 10.5. The highest BCUT2D eigenvalue weighted by Crippen LogP contribution is 2.21. The molecule has 0 atom stereocenters. The van der Waals surface area contributed by atoms with Crippen molar-refractivity contribution in [1.29, 1.82) is 0 Å². The topological polar surface area (TPSA) is 61.3 Å². The Hall–Kier alpha value is -2.95. The molecule has 23 heavy (non-hydrogen) atoms. The van der Waals surface area contributed by atoms with Crippen LogP contribution in [0.3, 0.4) is 0 Å². The van der Waals surface area contributed by atoms with Gasteiger partial charge in [0.15, 0.2) is 5.78 Å². The lowest BCUT2D eigenvalue weighted by molar-refractivity contribution is 0.101. The molecule has 0 spiro atoms. The fourth-order valence-corrected chi connectivity index (χ4v) is 2.28. The van der Waals surface area contributed by atoms with Crippen molar-refractivity contribution in [1.82, 2.24) is 10.2 Å². The van der Waals surface area contributed by atoms with Gasteiger partial charge in [0.2, 0.25) is 5.88 Å². The fraction of sp³-hybridized carbons (Fsp3) is 0.167. The molecule has 0 saturated carbocycles. The van der Waals surface area contributed by atoms with E-state index in [1.165, 1.54) is 6.92 Å². The smallest absolute Gasteiger partial charge is 0.241 e. The average molecular weight is 308 g/mol. The van der Waals surface area contributed by atoms with E-state index in [-0.39, 0.29) is 5.78 Å². The Morgan fingerprint density at radius 1 is 1.00 bits per heavy atom. The highest BCUT2D eigenvalue weighted by molar-refractivity contribution is 5.96. The molecule has 0 amide bonds. The zero-order valence-corrected chi connectivity index (χ0v) is 12.7. The first kappa shape index (κ1) is 15.0. The van der Waals surface area contributed by atoms with Crippen LogP contribution in [0.15, 0.2) is 54.7 Å². The molecule has 2 aromatic carbocycles. The second kappa shape index (κ2) is 6.87. The summed E-state index contributed by atoms with van der Waals surface area (Å²) in [6.45, 7) is 2.15. The second-order valence-electron chi connectivity index (χ2n) is 4.99. The van der Waals surface area contributed by atoms with Crippen LogP contribution in [0.25, 0.3) is 10.8 Å². The van der Waals surface area contributed by atoms with Gasteiger partial charge in [-0.05, 0) is 25.1 Å². The molecule has 0 saturated heterocycles. The van der Waals surface area contributed by atoms with Crippen LogP contribution < -0.4 is 9.47 Å². The summed E-state index contributed by atoms with van der Waals surface area (Å²) in [5, 5.41) is 9.82. The van der Waals surface area contributed by atoms with E-state index in [1.807, 2.05) is 36.4 Å². The van der Waals surface area contributed by atoms with Gasteiger partial charge in [-0.1, -0.05) is 30.3 Å². The first-order valence-corrected chi connectivity index (χ1v) is 7.31. The lowest BCUT2D eigenvalue weighted by Gasteiger charge is -2.11. The fourth-order valence-electron chi connectivity index (χ4n) is 2.28. The third kappa shape index (κ3) is 3.45. The number of Topliss-reactive ketones (excluding diaryl/α,β-unsaturated/α-hetero) is 1. The van der Waals surface area contributed by atoms with Gasteiger partial charge >= 0.3 is 0 Å². The zero-order valence-electron chi connectivity index (χ0n) is 12.7. The summed E-state index contributed by atoms with van der Waals surface area (Å²) >= 11 is 0. The van der Waals surface area contributed by atoms with E-state index < -0.39 is 0 Å². The molecule has 0 N–H and O–H groups in total. The predicted molar refractivity (Wildman–Crippen MR) is 87.0 cm³/mol. The van der Waals surface area contributed by atoms with E-state index in [1.54, 1.807) is 18.3 Å². The summed E-state index contributed by atoms with van der Waals surface area (Å²) in [5.74, 6) is 1.01. The minimum absolute atomic E-state index is 0.0264. The van der Waals surface area contributed by atoms with E-state index in [0.717, 1.165) is 10.8 Å². The van der Waals surface area contributed by atoms with E-state index in [4.69, 9.17) is 9.47 Å². The molecule has 0 radical (unpaired) electrons. The quantitative estimate of drug-likeness (QED) is 0.516. The number of aromatic nitrogens is 2. The maximum atomic E-state index is 11.5. The molecule has 3 rings (SSSR count). The standard InChI is InChI=1S/C18H16N2O3/c1-13(21)15-7-4-5-9-17(15)22-10-11-23-18-16-8-3-2-6-14(16)12-19-20-18/h2-9,12H,10-11H2,1H3. The molecule has 0 aliphatic rings. The Kier molecular flexibility index (Phi) is 4.47. The number of ketones is 1. The van der Waals surface area contributed by atoms with Crippen molar-refractivity contribution in [3.05, 3.63) is 60.3 Å². The molecule has 3 aromatic rings. The summed E-state index contributed by atoms with van der Waals surface area (Å²) in [6.07, 6.45) is 1.70. The minimum atomic E-state index is -0.0264. The maximum absolute atomic E-state index is 11.5. The van der Waals surface area contributed by atoms with Crippen LogP contribution >= 0.6 is 0 Å². The van der Waals surface area contributed by atoms with E-state index in [9.17, 15) is 4.79 Å². The number of carbonyl (C=O) groups is 1. The first-order chi connectivity index (χ1) is 11.3. The monoisotopic (exact) mass is 308 g/mol. The van der Waals surface area contributed by atoms with Gasteiger partial charge in [-0.3, -0.25) is 4.79 Å². The SMILES string of the molecule is CC(=O)c1ccccc1OCCOc1nncc2ccccc12.